The molecule has 2 rings (SSSR count). The molecule has 108 valence electrons. The van der Waals surface area contributed by atoms with Crippen LogP contribution in [0.3, 0.4) is 0 Å². The molecule has 0 saturated heterocycles. The number of ether oxygens (including phenoxy) is 1. The molecule has 0 radical (unpaired) electrons. The molecular weight excluding hydrogens is 270 g/mol. The molecule has 3 N–H and O–H groups in total. The lowest BCUT2D eigenvalue weighted by Crippen LogP contribution is -2.06. The number of aromatic nitrogens is 2. The van der Waals surface area contributed by atoms with Crippen LogP contribution in [0.25, 0.3) is 11.3 Å². The lowest BCUT2D eigenvalue weighted by molar-refractivity contribution is 0.0690. The van der Waals surface area contributed by atoms with Crippen LogP contribution in [0.4, 0.5) is 5.95 Å². The predicted octanol–water partition coefficient (Wildman–Crippen LogP) is 2.38. The van der Waals surface area contributed by atoms with Gasteiger partial charge in [0.15, 0.2) is 5.69 Å². The second-order valence-electron chi connectivity index (χ2n) is 4.54. The summed E-state index contributed by atoms with van der Waals surface area (Å²) in [4.78, 5) is 18.8. The van der Waals surface area contributed by atoms with Crippen molar-refractivity contribution in [2.45, 2.75) is 6.92 Å². The minimum Gasteiger partial charge on any atom is -0.489 e. The highest BCUT2D eigenvalue weighted by atomic mass is 16.5. The van der Waals surface area contributed by atoms with Crippen molar-refractivity contribution < 1.29 is 14.6 Å². The van der Waals surface area contributed by atoms with E-state index in [-0.39, 0.29) is 11.6 Å². The standard InChI is InChI=1S/C15H15N3O3/c1-9(2)8-21-13-6-4-3-5-10(13)11-7-12(14(19)20)18-15(16)17-11/h3-7H,1,8H2,2H3,(H,19,20)(H2,16,17,18). The van der Waals surface area contributed by atoms with Crippen LogP contribution in [0.15, 0.2) is 42.5 Å². The summed E-state index contributed by atoms with van der Waals surface area (Å²) in [5.74, 6) is -0.680. The Balaban J connectivity index is 2.46. The number of nitrogen functional groups attached to an aromatic ring is 1. The fourth-order valence-electron chi connectivity index (χ4n) is 1.72. The van der Waals surface area contributed by atoms with Crippen molar-refractivity contribution in [1.29, 1.82) is 0 Å². The number of carbonyl (C=O) groups is 1. The molecule has 6 heteroatoms. The SMILES string of the molecule is C=C(C)COc1ccccc1-c1cc(C(=O)O)nc(N)n1. The molecule has 6 nitrogen and oxygen atoms in total. The number of rotatable bonds is 5. The summed E-state index contributed by atoms with van der Waals surface area (Å²) in [6.45, 7) is 6.00. The van der Waals surface area contributed by atoms with Gasteiger partial charge < -0.3 is 15.6 Å². The van der Waals surface area contributed by atoms with Gasteiger partial charge in [0, 0.05) is 5.56 Å². The zero-order chi connectivity index (χ0) is 15.4. The van der Waals surface area contributed by atoms with Crippen molar-refractivity contribution in [3.8, 4) is 17.0 Å². The minimum absolute atomic E-state index is 0.0976. The molecular formula is C15H15N3O3. The van der Waals surface area contributed by atoms with Crippen LogP contribution < -0.4 is 10.5 Å². The number of nitrogens with zero attached hydrogens (tertiary/aromatic N) is 2. The smallest absolute Gasteiger partial charge is 0.354 e. The first-order chi connectivity index (χ1) is 9.97. The van der Waals surface area contributed by atoms with E-state index in [1.54, 1.807) is 12.1 Å². The first-order valence-electron chi connectivity index (χ1n) is 6.22. The highest BCUT2D eigenvalue weighted by Crippen LogP contribution is 2.29. The van der Waals surface area contributed by atoms with E-state index in [1.165, 1.54) is 6.07 Å². The van der Waals surface area contributed by atoms with Gasteiger partial charge >= 0.3 is 5.97 Å². The topological polar surface area (TPSA) is 98.3 Å². The van der Waals surface area contributed by atoms with E-state index < -0.39 is 5.97 Å². The number of anilines is 1. The lowest BCUT2D eigenvalue weighted by atomic mass is 10.1. The Morgan fingerprint density at radius 2 is 2.10 bits per heavy atom. The molecule has 0 aliphatic carbocycles. The molecule has 0 spiro atoms. The molecule has 21 heavy (non-hydrogen) atoms. The molecule has 0 aliphatic rings. The molecule has 1 aromatic carbocycles. The number of nitrogens with two attached hydrogens (primary N) is 1. The molecule has 2 aromatic rings. The van der Waals surface area contributed by atoms with E-state index in [0.29, 0.717) is 23.6 Å². The monoisotopic (exact) mass is 285 g/mol. The maximum Gasteiger partial charge on any atom is 0.354 e. The average Bonchev–Trinajstić information content (AvgIpc) is 2.44. The highest BCUT2D eigenvalue weighted by molar-refractivity contribution is 5.87. The molecule has 1 heterocycles. The zero-order valence-electron chi connectivity index (χ0n) is 11.5. The number of hydrogen-bond acceptors (Lipinski definition) is 5. The summed E-state index contributed by atoms with van der Waals surface area (Å²) in [7, 11) is 0. The van der Waals surface area contributed by atoms with E-state index in [1.807, 2.05) is 19.1 Å². The van der Waals surface area contributed by atoms with Crippen LogP contribution in [0.2, 0.25) is 0 Å². The fraction of sp³-hybridized carbons (Fsp3) is 0.133. The van der Waals surface area contributed by atoms with Gasteiger partial charge in [-0.2, -0.15) is 0 Å². The third kappa shape index (κ3) is 3.56. The summed E-state index contributed by atoms with van der Waals surface area (Å²) in [5, 5.41) is 9.04. The average molecular weight is 285 g/mol. The van der Waals surface area contributed by atoms with Crippen LogP contribution >= 0.6 is 0 Å². The molecule has 0 fully saturated rings. The van der Waals surface area contributed by atoms with Crippen molar-refractivity contribution in [1.82, 2.24) is 9.97 Å². The molecule has 1 aromatic heterocycles. The van der Waals surface area contributed by atoms with E-state index >= 15 is 0 Å². The Hall–Kier alpha value is -2.89. The van der Waals surface area contributed by atoms with Gasteiger partial charge in [0.05, 0.1) is 5.69 Å². The molecule has 0 saturated carbocycles. The van der Waals surface area contributed by atoms with Gasteiger partial charge in [-0.25, -0.2) is 14.8 Å². The van der Waals surface area contributed by atoms with Crippen LogP contribution in [0.5, 0.6) is 5.75 Å². The maximum absolute atomic E-state index is 11.0. The number of carboxylic acid groups (broad SMARTS) is 1. The summed E-state index contributed by atoms with van der Waals surface area (Å²) >= 11 is 0. The van der Waals surface area contributed by atoms with E-state index in [9.17, 15) is 4.79 Å². The van der Waals surface area contributed by atoms with Crippen molar-refractivity contribution >= 4 is 11.9 Å². The lowest BCUT2D eigenvalue weighted by Gasteiger charge is -2.11. The number of para-hydroxylation sites is 1. The second kappa shape index (κ2) is 6.04. The summed E-state index contributed by atoms with van der Waals surface area (Å²) in [6.07, 6.45) is 0. The van der Waals surface area contributed by atoms with Crippen LogP contribution in [-0.4, -0.2) is 27.7 Å². The Labute approximate surface area is 121 Å². The van der Waals surface area contributed by atoms with Gasteiger partial charge in [-0.3, -0.25) is 0 Å². The Kier molecular flexibility index (Phi) is 4.18. The third-order valence-corrected chi connectivity index (χ3v) is 2.60. The highest BCUT2D eigenvalue weighted by Gasteiger charge is 2.13. The van der Waals surface area contributed by atoms with E-state index in [2.05, 4.69) is 16.5 Å². The van der Waals surface area contributed by atoms with Gasteiger partial charge in [0.1, 0.15) is 12.4 Å². The van der Waals surface area contributed by atoms with Crippen molar-refractivity contribution in [2.75, 3.05) is 12.3 Å². The number of hydrogen-bond donors (Lipinski definition) is 2. The van der Waals surface area contributed by atoms with Gasteiger partial charge in [-0.15, -0.1) is 0 Å². The number of aromatic carboxylic acids is 1. The first-order valence-corrected chi connectivity index (χ1v) is 6.22. The van der Waals surface area contributed by atoms with Crippen molar-refractivity contribution in [3.63, 3.8) is 0 Å². The number of carboxylic acids is 1. The summed E-state index contributed by atoms with van der Waals surface area (Å²) in [5.41, 5.74) is 7.33. The Morgan fingerprint density at radius 1 is 1.38 bits per heavy atom. The van der Waals surface area contributed by atoms with Crippen LogP contribution in [0, 0.1) is 0 Å². The zero-order valence-corrected chi connectivity index (χ0v) is 11.5. The second-order valence-corrected chi connectivity index (χ2v) is 4.54. The molecule has 0 aliphatic heterocycles. The Bertz CT molecular complexity index is 698. The minimum atomic E-state index is -1.16. The molecule has 0 bridgehead atoms. The van der Waals surface area contributed by atoms with Gasteiger partial charge in [0.2, 0.25) is 5.95 Å². The number of benzene rings is 1. The molecule has 0 atom stereocenters. The summed E-state index contributed by atoms with van der Waals surface area (Å²) < 4.78 is 5.65. The van der Waals surface area contributed by atoms with Crippen LogP contribution in [-0.2, 0) is 0 Å². The Morgan fingerprint density at radius 3 is 2.76 bits per heavy atom. The van der Waals surface area contributed by atoms with Crippen molar-refractivity contribution in [3.05, 3.63) is 48.2 Å². The summed E-state index contributed by atoms with van der Waals surface area (Å²) in [6, 6.07) is 8.54. The van der Waals surface area contributed by atoms with Crippen molar-refractivity contribution in [2.24, 2.45) is 0 Å². The van der Waals surface area contributed by atoms with E-state index in [0.717, 1.165) is 5.57 Å². The third-order valence-electron chi connectivity index (χ3n) is 2.60. The van der Waals surface area contributed by atoms with Crippen LogP contribution in [0.1, 0.15) is 17.4 Å². The van der Waals surface area contributed by atoms with E-state index in [4.69, 9.17) is 15.6 Å². The predicted molar refractivity (Wildman–Crippen MR) is 79.1 cm³/mol. The van der Waals surface area contributed by atoms with Gasteiger partial charge in [-0.1, -0.05) is 18.7 Å². The first kappa shape index (κ1) is 14.5. The van der Waals surface area contributed by atoms with Gasteiger partial charge in [0.25, 0.3) is 0 Å². The quantitative estimate of drug-likeness (QED) is 0.818. The molecule has 0 amide bonds. The largest absolute Gasteiger partial charge is 0.489 e. The molecule has 0 unspecified atom stereocenters. The normalized spacial score (nSPS) is 10.1. The maximum atomic E-state index is 11.0. The fourth-order valence-corrected chi connectivity index (χ4v) is 1.72. The van der Waals surface area contributed by atoms with Gasteiger partial charge in [-0.05, 0) is 30.7 Å².